The van der Waals surface area contributed by atoms with Crippen molar-refractivity contribution in [1.29, 1.82) is 0 Å². The van der Waals surface area contributed by atoms with Crippen molar-refractivity contribution in [3.63, 3.8) is 0 Å². The predicted molar refractivity (Wildman–Crippen MR) is 117 cm³/mol. The van der Waals surface area contributed by atoms with Gasteiger partial charge in [-0.1, -0.05) is 54.1 Å². The Morgan fingerprint density at radius 3 is 2.39 bits per heavy atom. The molecule has 4 aromatic rings. The Morgan fingerprint density at radius 1 is 0.964 bits per heavy atom. The van der Waals surface area contributed by atoms with Gasteiger partial charge in [0, 0.05) is 34.9 Å². The minimum atomic E-state index is -0.0511. The summed E-state index contributed by atoms with van der Waals surface area (Å²) in [7, 11) is 0. The third kappa shape index (κ3) is 4.03. The van der Waals surface area contributed by atoms with Crippen LogP contribution in [0, 0.1) is 0 Å². The van der Waals surface area contributed by atoms with Crippen molar-refractivity contribution >= 4 is 28.8 Å². The summed E-state index contributed by atoms with van der Waals surface area (Å²) in [4.78, 5) is 13.6. The number of hydrogen-bond donors (Lipinski definition) is 1. The molecule has 0 bridgehead atoms. The van der Waals surface area contributed by atoms with Crippen LogP contribution in [-0.4, -0.2) is 17.0 Å². The van der Waals surface area contributed by atoms with Gasteiger partial charge in [-0.05, 0) is 41.8 Å². The molecule has 28 heavy (non-hydrogen) atoms. The molecule has 0 aliphatic carbocycles. The number of aromatic nitrogens is 1. The van der Waals surface area contributed by atoms with Crippen LogP contribution in [0.3, 0.4) is 0 Å². The molecule has 2 aromatic carbocycles. The van der Waals surface area contributed by atoms with E-state index in [0.29, 0.717) is 16.4 Å². The van der Waals surface area contributed by atoms with E-state index in [1.54, 1.807) is 0 Å². The normalized spacial score (nSPS) is 10.8. The Hall–Kier alpha value is -2.82. The molecule has 5 heteroatoms. The fourth-order valence-electron chi connectivity index (χ4n) is 3.13. The lowest BCUT2D eigenvalue weighted by atomic mass is 10.1. The summed E-state index contributed by atoms with van der Waals surface area (Å²) < 4.78 is 1.99. The van der Waals surface area contributed by atoms with E-state index in [4.69, 9.17) is 11.6 Å². The topological polar surface area (TPSA) is 34.0 Å². The zero-order chi connectivity index (χ0) is 19.3. The van der Waals surface area contributed by atoms with Crippen LogP contribution in [0.5, 0.6) is 0 Å². The zero-order valence-corrected chi connectivity index (χ0v) is 16.7. The van der Waals surface area contributed by atoms with Crippen molar-refractivity contribution in [2.45, 2.75) is 6.42 Å². The molecule has 0 unspecified atom stereocenters. The standard InChI is InChI=1S/C23H19ClN2OS/c24-19-10-8-18(9-11-19)20-16-28-22(21(20)26-14-4-5-15-26)23(27)25-13-12-17-6-2-1-3-7-17/h1-11,14-16H,12-13H2,(H,25,27). The molecule has 0 fully saturated rings. The van der Waals surface area contributed by atoms with Crippen LogP contribution in [0.25, 0.3) is 16.8 Å². The van der Waals surface area contributed by atoms with Crippen LogP contribution in [-0.2, 0) is 6.42 Å². The van der Waals surface area contributed by atoms with Gasteiger partial charge in [-0.25, -0.2) is 0 Å². The largest absolute Gasteiger partial charge is 0.351 e. The molecule has 0 saturated carbocycles. The van der Waals surface area contributed by atoms with E-state index in [1.807, 2.05) is 76.9 Å². The van der Waals surface area contributed by atoms with E-state index in [-0.39, 0.29) is 5.91 Å². The molecule has 2 aromatic heterocycles. The lowest BCUT2D eigenvalue weighted by Crippen LogP contribution is -2.25. The molecule has 1 N–H and O–H groups in total. The minimum Gasteiger partial charge on any atom is -0.351 e. The number of nitrogens with one attached hydrogen (secondary N) is 1. The number of nitrogens with zero attached hydrogens (tertiary/aromatic N) is 1. The SMILES string of the molecule is O=C(NCCc1ccccc1)c1scc(-c2ccc(Cl)cc2)c1-n1cccc1. The molecule has 140 valence electrons. The molecule has 4 rings (SSSR count). The fraction of sp³-hybridized carbons (Fsp3) is 0.0870. The van der Waals surface area contributed by atoms with E-state index < -0.39 is 0 Å². The molecule has 0 atom stereocenters. The van der Waals surface area contributed by atoms with E-state index >= 15 is 0 Å². The van der Waals surface area contributed by atoms with Gasteiger partial charge in [-0.2, -0.15) is 0 Å². The maximum Gasteiger partial charge on any atom is 0.263 e. The molecule has 3 nitrogen and oxygen atoms in total. The number of carbonyl (C=O) groups is 1. The Kier molecular flexibility index (Phi) is 5.60. The van der Waals surface area contributed by atoms with Gasteiger partial charge in [-0.15, -0.1) is 11.3 Å². The molecule has 0 saturated heterocycles. The van der Waals surface area contributed by atoms with Crippen molar-refractivity contribution in [3.05, 3.63) is 100.0 Å². The highest BCUT2D eigenvalue weighted by Gasteiger charge is 2.20. The van der Waals surface area contributed by atoms with Crippen molar-refractivity contribution in [2.75, 3.05) is 6.54 Å². The smallest absolute Gasteiger partial charge is 0.263 e. The summed E-state index contributed by atoms with van der Waals surface area (Å²) in [6.07, 6.45) is 4.73. The number of amides is 1. The highest BCUT2D eigenvalue weighted by molar-refractivity contribution is 7.13. The van der Waals surface area contributed by atoms with Gasteiger partial charge in [0.1, 0.15) is 4.88 Å². The second-order valence-corrected chi connectivity index (χ2v) is 7.73. The number of halogens is 1. The molecule has 0 aliphatic heterocycles. The first-order valence-corrected chi connectivity index (χ1v) is 10.3. The fourth-order valence-corrected chi connectivity index (χ4v) is 4.25. The number of rotatable bonds is 6. The Morgan fingerprint density at radius 2 is 1.68 bits per heavy atom. The molecular formula is C23H19ClN2OS. The number of carbonyl (C=O) groups excluding carboxylic acids is 1. The Bertz CT molecular complexity index is 1050. The molecule has 2 heterocycles. The second-order valence-electron chi connectivity index (χ2n) is 6.42. The van der Waals surface area contributed by atoms with Gasteiger partial charge in [0.05, 0.1) is 5.69 Å². The van der Waals surface area contributed by atoms with Crippen LogP contribution in [0.15, 0.2) is 84.5 Å². The Balaban J connectivity index is 1.60. The minimum absolute atomic E-state index is 0.0511. The summed E-state index contributed by atoms with van der Waals surface area (Å²) in [6, 6.07) is 21.8. The monoisotopic (exact) mass is 406 g/mol. The highest BCUT2D eigenvalue weighted by atomic mass is 35.5. The van der Waals surface area contributed by atoms with Crippen molar-refractivity contribution < 1.29 is 4.79 Å². The lowest BCUT2D eigenvalue weighted by Gasteiger charge is -2.10. The summed E-state index contributed by atoms with van der Waals surface area (Å²) in [5.74, 6) is -0.0511. The van der Waals surface area contributed by atoms with Crippen LogP contribution >= 0.6 is 22.9 Å². The summed E-state index contributed by atoms with van der Waals surface area (Å²) in [6.45, 7) is 0.599. The first kappa shape index (κ1) is 18.5. The van der Waals surface area contributed by atoms with E-state index in [0.717, 1.165) is 23.2 Å². The lowest BCUT2D eigenvalue weighted by molar-refractivity contribution is 0.0958. The summed E-state index contributed by atoms with van der Waals surface area (Å²) in [5, 5.41) is 5.79. The molecule has 0 radical (unpaired) electrons. The average molecular weight is 407 g/mol. The Labute approximate surface area is 173 Å². The van der Waals surface area contributed by atoms with Crippen LogP contribution in [0.4, 0.5) is 0 Å². The second kappa shape index (κ2) is 8.46. The number of thiophene rings is 1. The summed E-state index contributed by atoms with van der Waals surface area (Å²) >= 11 is 7.50. The maximum absolute atomic E-state index is 12.9. The van der Waals surface area contributed by atoms with Crippen molar-refractivity contribution in [2.24, 2.45) is 0 Å². The maximum atomic E-state index is 12.9. The van der Waals surface area contributed by atoms with E-state index in [9.17, 15) is 4.79 Å². The van der Waals surface area contributed by atoms with Crippen LogP contribution in [0.1, 0.15) is 15.2 Å². The summed E-state index contributed by atoms with van der Waals surface area (Å²) in [5.41, 5.74) is 4.16. The van der Waals surface area contributed by atoms with Crippen molar-refractivity contribution in [3.8, 4) is 16.8 Å². The zero-order valence-electron chi connectivity index (χ0n) is 15.1. The van der Waals surface area contributed by atoms with Crippen LogP contribution < -0.4 is 5.32 Å². The molecule has 1 amide bonds. The molecular weight excluding hydrogens is 388 g/mol. The predicted octanol–water partition coefficient (Wildman–Crippen LogP) is 5.83. The highest BCUT2D eigenvalue weighted by Crippen LogP contribution is 2.35. The van der Waals surface area contributed by atoms with Gasteiger partial charge in [-0.3, -0.25) is 4.79 Å². The van der Waals surface area contributed by atoms with Gasteiger partial charge in [0.25, 0.3) is 5.91 Å². The third-order valence-electron chi connectivity index (χ3n) is 4.53. The quantitative estimate of drug-likeness (QED) is 0.429. The van der Waals surface area contributed by atoms with Gasteiger partial charge < -0.3 is 9.88 Å². The van der Waals surface area contributed by atoms with Gasteiger partial charge in [0.2, 0.25) is 0 Å². The van der Waals surface area contributed by atoms with Crippen molar-refractivity contribution in [1.82, 2.24) is 9.88 Å². The van der Waals surface area contributed by atoms with E-state index in [1.165, 1.54) is 16.9 Å². The molecule has 0 spiro atoms. The van der Waals surface area contributed by atoms with E-state index in [2.05, 4.69) is 17.4 Å². The number of hydrogen-bond acceptors (Lipinski definition) is 2. The average Bonchev–Trinajstić information content (AvgIpc) is 3.39. The van der Waals surface area contributed by atoms with Crippen LogP contribution in [0.2, 0.25) is 5.02 Å². The third-order valence-corrected chi connectivity index (χ3v) is 5.75. The van der Waals surface area contributed by atoms with Gasteiger partial charge in [0.15, 0.2) is 0 Å². The van der Waals surface area contributed by atoms with Gasteiger partial charge >= 0.3 is 0 Å². The number of benzene rings is 2. The molecule has 0 aliphatic rings. The first-order valence-electron chi connectivity index (χ1n) is 9.05. The first-order chi connectivity index (χ1) is 13.7.